The highest BCUT2D eigenvalue weighted by atomic mass is 16.1. The monoisotopic (exact) mass is 169 g/mol. The van der Waals surface area contributed by atoms with Crippen LogP contribution in [0, 0.1) is 0 Å². The maximum Gasteiger partial charge on any atom is 0.198 e. The zero-order valence-corrected chi connectivity index (χ0v) is 7.51. The Labute approximate surface area is 74.1 Å². The molecular weight excluding hydrogens is 152 g/mol. The minimum absolute atomic E-state index is 0.603. The third kappa shape index (κ3) is 3.83. The molecule has 0 unspecified atom stereocenters. The van der Waals surface area contributed by atoms with Crippen molar-refractivity contribution in [2.45, 2.75) is 19.3 Å². The Kier molecular flexibility index (Phi) is 4.95. The summed E-state index contributed by atoms with van der Waals surface area (Å²) in [6, 6.07) is 0. The number of hydrogen-bond acceptors (Lipinski definition) is 3. The van der Waals surface area contributed by atoms with Crippen molar-refractivity contribution in [2.75, 3.05) is 32.7 Å². The largest absolute Gasteiger partial charge is 0.314 e. The fraction of sp³-hybridized carbons (Fsp3) is 0.889. The first-order valence-corrected chi connectivity index (χ1v) is 4.71. The van der Waals surface area contributed by atoms with Crippen molar-refractivity contribution >= 4 is 6.29 Å². The minimum atomic E-state index is 0.603. The van der Waals surface area contributed by atoms with Crippen LogP contribution in [0.4, 0.5) is 0 Å². The molecular formula is C9H17N2O. The van der Waals surface area contributed by atoms with Crippen LogP contribution in [0.1, 0.15) is 19.3 Å². The van der Waals surface area contributed by atoms with Gasteiger partial charge in [0.25, 0.3) is 0 Å². The first-order chi connectivity index (χ1) is 5.93. The number of nitrogens with zero attached hydrogens (tertiary/aromatic N) is 1. The molecule has 0 spiro atoms. The highest BCUT2D eigenvalue weighted by Crippen LogP contribution is 1.98. The Balaban J connectivity index is 1.94. The van der Waals surface area contributed by atoms with E-state index in [9.17, 15) is 4.79 Å². The van der Waals surface area contributed by atoms with E-state index in [-0.39, 0.29) is 0 Å². The summed E-state index contributed by atoms with van der Waals surface area (Å²) in [6.45, 7) is 5.68. The van der Waals surface area contributed by atoms with Crippen LogP contribution in [0.2, 0.25) is 0 Å². The van der Waals surface area contributed by atoms with Gasteiger partial charge in [-0.1, -0.05) is 0 Å². The highest BCUT2D eigenvalue weighted by Gasteiger charge is 2.07. The van der Waals surface area contributed by atoms with Gasteiger partial charge < -0.3 is 10.2 Å². The maximum atomic E-state index is 9.91. The number of unbranched alkanes of at least 4 members (excludes halogenated alkanes) is 2. The van der Waals surface area contributed by atoms with Crippen molar-refractivity contribution in [3.63, 3.8) is 0 Å². The topological polar surface area (TPSA) is 32.3 Å². The molecule has 0 saturated carbocycles. The Bertz CT molecular complexity index is 122. The molecule has 0 aliphatic carbocycles. The normalized spacial score (nSPS) is 19.3. The molecule has 1 radical (unpaired) electrons. The van der Waals surface area contributed by atoms with Gasteiger partial charge in [-0.3, -0.25) is 4.79 Å². The fourth-order valence-corrected chi connectivity index (χ4v) is 1.47. The van der Waals surface area contributed by atoms with Crippen LogP contribution in [0.15, 0.2) is 0 Å². The fourth-order valence-electron chi connectivity index (χ4n) is 1.47. The van der Waals surface area contributed by atoms with E-state index in [0.29, 0.717) is 6.42 Å². The standard InChI is InChI=1S/C9H17N2O/c12-9-3-1-2-6-11-7-4-10-5-8-11/h10H,1-8H2. The van der Waals surface area contributed by atoms with Crippen molar-refractivity contribution < 1.29 is 4.79 Å². The summed E-state index contributed by atoms with van der Waals surface area (Å²) in [4.78, 5) is 12.4. The van der Waals surface area contributed by atoms with E-state index in [1.807, 2.05) is 6.29 Å². The summed E-state index contributed by atoms with van der Waals surface area (Å²) in [6.07, 6.45) is 4.66. The Morgan fingerprint density at radius 2 is 2.00 bits per heavy atom. The summed E-state index contributed by atoms with van der Waals surface area (Å²) >= 11 is 0. The molecule has 1 rings (SSSR count). The van der Waals surface area contributed by atoms with Gasteiger partial charge in [-0.15, -0.1) is 0 Å². The predicted octanol–water partition coefficient (Wildman–Crippen LogP) is 0.172. The molecule has 1 fully saturated rings. The average Bonchev–Trinajstić information content (AvgIpc) is 2.14. The average molecular weight is 169 g/mol. The Morgan fingerprint density at radius 1 is 1.25 bits per heavy atom. The molecule has 0 aromatic carbocycles. The molecule has 0 atom stereocenters. The van der Waals surface area contributed by atoms with Gasteiger partial charge in [0.15, 0.2) is 6.29 Å². The second kappa shape index (κ2) is 6.14. The molecule has 1 aliphatic heterocycles. The van der Waals surface area contributed by atoms with Crippen LogP contribution in [0.3, 0.4) is 0 Å². The summed E-state index contributed by atoms with van der Waals surface area (Å²) in [7, 11) is 0. The van der Waals surface area contributed by atoms with E-state index in [0.717, 1.165) is 45.6 Å². The molecule has 0 aromatic rings. The lowest BCUT2D eigenvalue weighted by Crippen LogP contribution is -2.43. The van der Waals surface area contributed by atoms with Gasteiger partial charge in [0.2, 0.25) is 0 Å². The summed E-state index contributed by atoms with van der Waals surface area (Å²) in [5, 5.41) is 3.31. The first kappa shape index (κ1) is 9.68. The molecule has 3 heteroatoms. The molecule has 0 amide bonds. The lowest BCUT2D eigenvalue weighted by atomic mass is 10.2. The van der Waals surface area contributed by atoms with Crippen molar-refractivity contribution in [1.82, 2.24) is 10.2 Å². The zero-order valence-electron chi connectivity index (χ0n) is 7.51. The number of carbonyl (C=O) groups excluding carboxylic acids is 1. The van der Waals surface area contributed by atoms with E-state index in [2.05, 4.69) is 10.2 Å². The van der Waals surface area contributed by atoms with E-state index in [4.69, 9.17) is 0 Å². The predicted molar refractivity (Wildman–Crippen MR) is 48.9 cm³/mol. The molecule has 0 aromatic heterocycles. The van der Waals surface area contributed by atoms with E-state index >= 15 is 0 Å². The molecule has 1 saturated heterocycles. The quantitative estimate of drug-likeness (QED) is 0.595. The van der Waals surface area contributed by atoms with E-state index in [1.165, 1.54) is 0 Å². The van der Waals surface area contributed by atoms with Crippen LogP contribution in [0.5, 0.6) is 0 Å². The Morgan fingerprint density at radius 3 is 2.67 bits per heavy atom. The van der Waals surface area contributed by atoms with Gasteiger partial charge >= 0.3 is 0 Å². The van der Waals surface area contributed by atoms with Gasteiger partial charge in [-0.2, -0.15) is 0 Å². The van der Waals surface area contributed by atoms with Crippen molar-refractivity contribution in [1.29, 1.82) is 0 Å². The molecule has 12 heavy (non-hydrogen) atoms. The third-order valence-electron chi connectivity index (χ3n) is 2.21. The van der Waals surface area contributed by atoms with Crippen LogP contribution in [-0.2, 0) is 4.79 Å². The lowest BCUT2D eigenvalue weighted by Gasteiger charge is -2.26. The first-order valence-electron chi connectivity index (χ1n) is 4.71. The number of rotatable bonds is 5. The lowest BCUT2D eigenvalue weighted by molar-refractivity contribution is 0.237. The summed E-state index contributed by atoms with van der Waals surface area (Å²) in [5.41, 5.74) is 0. The summed E-state index contributed by atoms with van der Waals surface area (Å²) < 4.78 is 0. The number of piperazine rings is 1. The highest BCUT2D eigenvalue weighted by molar-refractivity contribution is 5.50. The maximum absolute atomic E-state index is 9.91. The van der Waals surface area contributed by atoms with Crippen LogP contribution in [0.25, 0.3) is 0 Å². The second-order valence-corrected chi connectivity index (χ2v) is 3.19. The van der Waals surface area contributed by atoms with Crippen molar-refractivity contribution in [2.24, 2.45) is 0 Å². The summed E-state index contributed by atoms with van der Waals surface area (Å²) in [5.74, 6) is 0. The molecule has 1 heterocycles. The molecule has 0 bridgehead atoms. The molecule has 69 valence electrons. The van der Waals surface area contributed by atoms with Crippen LogP contribution >= 0.6 is 0 Å². The van der Waals surface area contributed by atoms with E-state index < -0.39 is 0 Å². The number of nitrogens with one attached hydrogen (secondary N) is 1. The van der Waals surface area contributed by atoms with Crippen molar-refractivity contribution in [3.8, 4) is 0 Å². The van der Waals surface area contributed by atoms with Crippen LogP contribution < -0.4 is 5.32 Å². The smallest absolute Gasteiger partial charge is 0.198 e. The molecule has 1 aliphatic rings. The SMILES string of the molecule is O=[C]CCCCN1CCNCC1. The van der Waals surface area contributed by atoms with Gasteiger partial charge in [-0.05, 0) is 19.4 Å². The Hall–Kier alpha value is -0.410. The molecule has 1 N–H and O–H groups in total. The van der Waals surface area contributed by atoms with Crippen LogP contribution in [-0.4, -0.2) is 43.9 Å². The van der Waals surface area contributed by atoms with Crippen molar-refractivity contribution in [3.05, 3.63) is 0 Å². The minimum Gasteiger partial charge on any atom is -0.314 e. The van der Waals surface area contributed by atoms with Gasteiger partial charge in [0.05, 0.1) is 0 Å². The second-order valence-electron chi connectivity index (χ2n) is 3.19. The molecule has 3 nitrogen and oxygen atoms in total. The zero-order chi connectivity index (χ0) is 8.65. The van der Waals surface area contributed by atoms with E-state index in [1.54, 1.807) is 0 Å². The van der Waals surface area contributed by atoms with Gasteiger partial charge in [0.1, 0.15) is 0 Å². The third-order valence-corrected chi connectivity index (χ3v) is 2.21. The van der Waals surface area contributed by atoms with Gasteiger partial charge in [-0.25, -0.2) is 0 Å². The van der Waals surface area contributed by atoms with Gasteiger partial charge in [0, 0.05) is 32.6 Å². The number of hydrogen-bond donors (Lipinski definition) is 1.